The summed E-state index contributed by atoms with van der Waals surface area (Å²) in [5.41, 5.74) is 6.41. The molecular weight excluding hydrogens is 268 g/mol. The van der Waals surface area contributed by atoms with Crippen molar-refractivity contribution in [2.45, 2.75) is 24.5 Å². The molecule has 0 saturated carbocycles. The minimum atomic E-state index is -1.23. The summed E-state index contributed by atoms with van der Waals surface area (Å²) in [4.78, 5) is 11.9. The third-order valence-corrected chi connectivity index (χ3v) is 3.15. The van der Waals surface area contributed by atoms with E-state index in [2.05, 4.69) is 20.1 Å². The summed E-state index contributed by atoms with van der Waals surface area (Å²) in [7, 11) is 0. The molecule has 10 heteroatoms. The van der Waals surface area contributed by atoms with Gasteiger partial charge in [-0.25, -0.2) is 15.0 Å². The molecule has 3 heterocycles. The third-order valence-electron chi connectivity index (χ3n) is 3.15. The average Bonchev–Trinajstić information content (AvgIpc) is 2.97. The number of hydrogen-bond acceptors (Lipinski definition) is 9. The first-order chi connectivity index (χ1) is 9.63. The Morgan fingerprint density at radius 2 is 2.10 bits per heavy atom. The molecule has 0 spiro atoms. The van der Waals surface area contributed by atoms with Crippen LogP contribution in [-0.4, -0.2) is 59.5 Å². The quantitative estimate of drug-likeness (QED) is 0.294. The lowest BCUT2D eigenvalue weighted by molar-refractivity contribution is -0.0214. The van der Waals surface area contributed by atoms with Gasteiger partial charge in [0, 0.05) is 0 Å². The van der Waals surface area contributed by atoms with Gasteiger partial charge in [0.05, 0.1) is 12.5 Å². The Balaban J connectivity index is 2.02. The fourth-order valence-electron chi connectivity index (χ4n) is 2.16. The molecule has 0 bridgehead atoms. The van der Waals surface area contributed by atoms with Crippen molar-refractivity contribution in [2.75, 3.05) is 5.73 Å². The standard InChI is InChI=1S/C10H12N6O4/c11-8-5-9(13-2-12-8)16(3-14-5)10-7(18)6(17)4(20-10)1-15-19/h1-4,6-7,10,17-19H,(H2,11,12,13)/b15-1+/t4-,6-,7+,10-/m1/s1. The highest BCUT2D eigenvalue weighted by molar-refractivity contribution is 5.81. The first-order valence-corrected chi connectivity index (χ1v) is 5.75. The van der Waals surface area contributed by atoms with Crippen molar-refractivity contribution in [3.05, 3.63) is 12.7 Å². The smallest absolute Gasteiger partial charge is 0.167 e. The van der Waals surface area contributed by atoms with Gasteiger partial charge < -0.3 is 25.9 Å². The van der Waals surface area contributed by atoms with Crippen LogP contribution >= 0.6 is 0 Å². The lowest BCUT2D eigenvalue weighted by Gasteiger charge is -2.16. The number of aliphatic hydroxyl groups is 2. The van der Waals surface area contributed by atoms with Crippen LogP contribution in [-0.2, 0) is 4.74 Å². The molecule has 1 fully saturated rings. The van der Waals surface area contributed by atoms with Crippen LogP contribution < -0.4 is 5.73 Å². The molecule has 0 amide bonds. The number of fused-ring (bicyclic) bond motifs is 1. The van der Waals surface area contributed by atoms with Crippen molar-refractivity contribution in [2.24, 2.45) is 5.16 Å². The van der Waals surface area contributed by atoms with Gasteiger partial charge in [-0.05, 0) is 0 Å². The van der Waals surface area contributed by atoms with Crippen molar-refractivity contribution in [1.82, 2.24) is 19.5 Å². The maximum atomic E-state index is 10.0. The maximum absolute atomic E-state index is 10.0. The Labute approximate surface area is 112 Å². The predicted octanol–water partition coefficient (Wildman–Crippen LogP) is -1.51. The van der Waals surface area contributed by atoms with E-state index in [-0.39, 0.29) is 5.82 Å². The van der Waals surface area contributed by atoms with Gasteiger partial charge in [0.15, 0.2) is 17.7 Å². The van der Waals surface area contributed by atoms with Gasteiger partial charge in [0.25, 0.3) is 0 Å². The molecule has 2 aromatic heterocycles. The molecule has 3 rings (SSSR count). The third kappa shape index (κ3) is 1.78. The number of anilines is 1. The predicted molar refractivity (Wildman–Crippen MR) is 65.9 cm³/mol. The molecule has 4 atom stereocenters. The summed E-state index contributed by atoms with van der Waals surface area (Å²) in [5, 5.41) is 31.1. The minimum Gasteiger partial charge on any atom is -0.411 e. The van der Waals surface area contributed by atoms with E-state index in [1.807, 2.05) is 0 Å². The second-order valence-corrected chi connectivity index (χ2v) is 4.32. The Morgan fingerprint density at radius 3 is 2.85 bits per heavy atom. The van der Waals surface area contributed by atoms with Crippen molar-refractivity contribution < 1.29 is 20.2 Å². The Bertz CT molecular complexity index is 658. The zero-order chi connectivity index (χ0) is 14.3. The number of aromatic nitrogens is 4. The maximum Gasteiger partial charge on any atom is 0.167 e. The highest BCUT2D eigenvalue weighted by Crippen LogP contribution is 2.31. The van der Waals surface area contributed by atoms with Crippen LogP contribution in [0, 0.1) is 0 Å². The van der Waals surface area contributed by atoms with E-state index >= 15 is 0 Å². The van der Waals surface area contributed by atoms with Crippen LogP contribution in [0.3, 0.4) is 0 Å². The monoisotopic (exact) mass is 280 g/mol. The summed E-state index contributed by atoms with van der Waals surface area (Å²) in [6.45, 7) is 0. The molecule has 106 valence electrons. The van der Waals surface area contributed by atoms with E-state index in [9.17, 15) is 10.2 Å². The van der Waals surface area contributed by atoms with Crippen LogP contribution in [0.2, 0.25) is 0 Å². The number of imidazole rings is 1. The van der Waals surface area contributed by atoms with Crippen molar-refractivity contribution >= 4 is 23.2 Å². The van der Waals surface area contributed by atoms with Gasteiger partial charge in [-0.2, -0.15) is 0 Å². The molecule has 0 aromatic carbocycles. The first kappa shape index (κ1) is 12.7. The Kier molecular flexibility index (Phi) is 2.97. The first-order valence-electron chi connectivity index (χ1n) is 5.75. The van der Waals surface area contributed by atoms with Crippen LogP contribution in [0.5, 0.6) is 0 Å². The van der Waals surface area contributed by atoms with Crippen LogP contribution in [0.25, 0.3) is 11.2 Å². The molecule has 10 nitrogen and oxygen atoms in total. The number of nitrogens with zero attached hydrogens (tertiary/aromatic N) is 5. The van der Waals surface area contributed by atoms with E-state index < -0.39 is 24.5 Å². The summed E-state index contributed by atoms with van der Waals surface area (Å²) < 4.78 is 6.87. The molecule has 0 unspecified atom stereocenters. The topological polar surface area (TPSA) is 152 Å². The van der Waals surface area contributed by atoms with Crippen molar-refractivity contribution in [1.29, 1.82) is 0 Å². The lowest BCUT2D eigenvalue weighted by atomic mass is 10.1. The highest BCUT2D eigenvalue weighted by atomic mass is 16.6. The van der Waals surface area contributed by atoms with Crippen LogP contribution in [0.4, 0.5) is 5.82 Å². The van der Waals surface area contributed by atoms with E-state index in [1.54, 1.807) is 0 Å². The minimum absolute atomic E-state index is 0.204. The highest BCUT2D eigenvalue weighted by Gasteiger charge is 2.43. The molecule has 20 heavy (non-hydrogen) atoms. The zero-order valence-corrected chi connectivity index (χ0v) is 10.1. The molecule has 1 aliphatic rings. The summed E-state index contributed by atoms with van der Waals surface area (Å²) in [6, 6.07) is 0. The SMILES string of the molecule is Nc1ncnc2c1ncn2[C@@H]1O[C@H](/C=N/O)[C@@H](O)[C@@H]1O. The Hall–Kier alpha value is -2.30. The molecule has 1 saturated heterocycles. The van der Waals surface area contributed by atoms with Crippen molar-refractivity contribution in [3.63, 3.8) is 0 Å². The second kappa shape index (κ2) is 4.67. The van der Waals surface area contributed by atoms with Gasteiger partial charge in [-0.1, -0.05) is 5.16 Å². The lowest BCUT2D eigenvalue weighted by Crippen LogP contribution is -2.32. The second-order valence-electron chi connectivity index (χ2n) is 4.32. The van der Waals surface area contributed by atoms with E-state index in [1.165, 1.54) is 17.2 Å². The van der Waals surface area contributed by atoms with Gasteiger partial charge >= 0.3 is 0 Å². The van der Waals surface area contributed by atoms with Gasteiger partial charge in [0.1, 0.15) is 30.2 Å². The number of ether oxygens (including phenoxy) is 1. The summed E-state index contributed by atoms with van der Waals surface area (Å²) >= 11 is 0. The van der Waals surface area contributed by atoms with Crippen molar-refractivity contribution in [3.8, 4) is 0 Å². The zero-order valence-electron chi connectivity index (χ0n) is 10.1. The van der Waals surface area contributed by atoms with Crippen LogP contribution in [0.15, 0.2) is 17.8 Å². The largest absolute Gasteiger partial charge is 0.411 e. The fraction of sp³-hybridized carbons (Fsp3) is 0.400. The van der Waals surface area contributed by atoms with E-state index in [4.69, 9.17) is 15.7 Å². The molecular formula is C10H12N6O4. The number of nitrogens with two attached hydrogens (primary N) is 1. The summed E-state index contributed by atoms with van der Waals surface area (Å²) in [6.07, 6.45) is -0.672. The molecule has 0 radical (unpaired) electrons. The average molecular weight is 280 g/mol. The van der Waals surface area contributed by atoms with E-state index in [0.717, 1.165) is 6.21 Å². The van der Waals surface area contributed by atoms with Gasteiger partial charge in [-0.15, -0.1) is 0 Å². The number of rotatable bonds is 2. The molecule has 2 aromatic rings. The fourth-order valence-corrected chi connectivity index (χ4v) is 2.16. The molecule has 1 aliphatic heterocycles. The number of hydrogen-bond donors (Lipinski definition) is 4. The normalized spacial score (nSPS) is 30.5. The number of aliphatic hydroxyl groups excluding tert-OH is 2. The number of nitrogen functional groups attached to an aromatic ring is 1. The van der Waals surface area contributed by atoms with Gasteiger partial charge in [-0.3, -0.25) is 4.57 Å². The van der Waals surface area contributed by atoms with E-state index in [0.29, 0.717) is 11.2 Å². The summed E-state index contributed by atoms with van der Waals surface area (Å²) in [5.74, 6) is 0.204. The molecule has 0 aliphatic carbocycles. The number of oxime groups is 1. The van der Waals surface area contributed by atoms with Gasteiger partial charge in [0.2, 0.25) is 0 Å². The molecule has 5 N–H and O–H groups in total. The Morgan fingerprint density at radius 1 is 1.30 bits per heavy atom. The van der Waals surface area contributed by atoms with Crippen LogP contribution in [0.1, 0.15) is 6.23 Å².